The summed E-state index contributed by atoms with van der Waals surface area (Å²) in [5.74, 6) is -1.08. The maximum Gasteiger partial charge on any atom is 0.266 e. The molecule has 2 aliphatic rings. The molecule has 2 aliphatic heterocycles. The Morgan fingerprint density at radius 1 is 0.900 bits per heavy atom. The lowest BCUT2D eigenvalue weighted by Gasteiger charge is -2.28. The number of imide groups is 1. The Morgan fingerprint density at radius 2 is 1.67 bits per heavy atom. The molecule has 30 heavy (non-hydrogen) atoms. The standard InChI is InChI=1S/C23H24Cl2N2O3/c1-2-3-4-8-11-19-20-21(30-27(19)16-12-13-17(24)18(25)14-16)23(29)26(22(20)28)15-9-6-5-7-10-15/h5-7,9-10,12-14,19-21H,2-4,8,11H2,1H3/t19-,20-,21+/m0/s1. The van der Waals surface area contributed by atoms with E-state index in [2.05, 4.69) is 6.92 Å². The number of benzene rings is 2. The SMILES string of the molecule is CCCCCC[C@H]1[C@@H]2C(=O)N(c3ccccc3)C(=O)[C@@H]2ON1c1ccc(Cl)c(Cl)c1. The van der Waals surface area contributed by atoms with Crippen molar-refractivity contribution in [3.8, 4) is 0 Å². The predicted molar refractivity (Wildman–Crippen MR) is 119 cm³/mol. The summed E-state index contributed by atoms with van der Waals surface area (Å²) in [4.78, 5) is 33.8. The molecule has 2 fully saturated rings. The number of rotatable bonds is 7. The molecule has 2 aromatic rings. The van der Waals surface area contributed by atoms with Gasteiger partial charge < -0.3 is 0 Å². The number of halogens is 2. The number of hydrogen-bond donors (Lipinski definition) is 0. The second kappa shape index (κ2) is 8.96. The van der Waals surface area contributed by atoms with Crippen molar-refractivity contribution in [1.82, 2.24) is 0 Å². The maximum absolute atomic E-state index is 13.3. The van der Waals surface area contributed by atoms with E-state index in [4.69, 9.17) is 28.0 Å². The summed E-state index contributed by atoms with van der Waals surface area (Å²) in [6, 6.07) is 14.0. The van der Waals surface area contributed by atoms with Gasteiger partial charge in [0, 0.05) is 0 Å². The van der Waals surface area contributed by atoms with Crippen molar-refractivity contribution in [3.05, 3.63) is 58.6 Å². The molecular formula is C23H24Cl2N2O3. The van der Waals surface area contributed by atoms with Gasteiger partial charge in [0.2, 0.25) is 5.91 Å². The molecule has 2 heterocycles. The van der Waals surface area contributed by atoms with Crippen LogP contribution >= 0.6 is 23.2 Å². The Bertz CT molecular complexity index is 937. The molecule has 0 N–H and O–H groups in total. The van der Waals surface area contributed by atoms with Gasteiger partial charge in [-0.05, 0) is 36.8 Å². The number of hydroxylamine groups is 1. The van der Waals surface area contributed by atoms with Gasteiger partial charge >= 0.3 is 0 Å². The number of nitrogens with zero attached hydrogens (tertiary/aromatic N) is 2. The van der Waals surface area contributed by atoms with Crippen LogP contribution in [0.1, 0.15) is 39.0 Å². The molecule has 0 aromatic heterocycles. The normalized spacial score (nSPS) is 23.4. The van der Waals surface area contributed by atoms with Gasteiger partial charge in [-0.1, -0.05) is 74.0 Å². The zero-order valence-corrected chi connectivity index (χ0v) is 18.3. The monoisotopic (exact) mass is 446 g/mol. The minimum atomic E-state index is -0.830. The van der Waals surface area contributed by atoms with Crippen LogP contribution in [-0.2, 0) is 14.4 Å². The first kappa shape index (κ1) is 21.2. The van der Waals surface area contributed by atoms with Crippen LogP contribution in [-0.4, -0.2) is 24.0 Å². The second-order valence-corrected chi connectivity index (χ2v) is 8.55. The summed E-state index contributed by atoms with van der Waals surface area (Å²) in [5, 5.41) is 2.55. The van der Waals surface area contributed by atoms with Gasteiger partial charge in [0.1, 0.15) is 0 Å². The average molecular weight is 447 g/mol. The number of anilines is 2. The van der Waals surface area contributed by atoms with Gasteiger partial charge in [0.25, 0.3) is 5.91 Å². The molecule has 0 radical (unpaired) electrons. The average Bonchev–Trinajstić information content (AvgIpc) is 3.24. The minimum Gasteiger partial charge on any atom is -0.273 e. The van der Waals surface area contributed by atoms with Crippen LogP contribution in [0.15, 0.2) is 48.5 Å². The number of carbonyl (C=O) groups is 2. The highest BCUT2D eigenvalue weighted by Crippen LogP contribution is 2.43. The first-order valence-electron chi connectivity index (χ1n) is 10.4. The van der Waals surface area contributed by atoms with Crippen molar-refractivity contribution in [2.45, 2.75) is 51.2 Å². The molecule has 0 spiro atoms. The Kier molecular flexibility index (Phi) is 6.32. The summed E-state index contributed by atoms with van der Waals surface area (Å²) >= 11 is 12.3. The minimum absolute atomic E-state index is 0.209. The summed E-state index contributed by atoms with van der Waals surface area (Å²) < 4.78 is 0. The lowest BCUT2D eigenvalue weighted by Crippen LogP contribution is -2.40. The summed E-state index contributed by atoms with van der Waals surface area (Å²) in [7, 11) is 0. The van der Waals surface area contributed by atoms with Gasteiger partial charge in [-0.2, -0.15) is 0 Å². The van der Waals surface area contributed by atoms with Crippen LogP contribution in [0.5, 0.6) is 0 Å². The first-order chi connectivity index (χ1) is 14.5. The number of hydrogen-bond acceptors (Lipinski definition) is 4. The lowest BCUT2D eigenvalue weighted by atomic mass is 9.92. The van der Waals surface area contributed by atoms with E-state index in [-0.39, 0.29) is 17.9 Å². The Morgan fingerprint density at radius 3 is 2.37 bits per heavy atom. The largest absolute Gasteiger partial charge is 0.273 e. The Hall–Kier alpha value is -2.08. The van der Waals surface area contributed by atoms with Gasteiger partial charge in [0.15, 0.2) is 6.10 Å². The topological polar surface area (TPSA) is 49.9 Å². The van der Waals surface area contributed by atoms with E-state index in [1.165, 1.54) is 4.90 Å². The fraction of sp³-hybridized carbons (Fsp3) is 0.391. The number of amides is 2. The van der Waals surface area contributed by atoms with Crippen molar-refractivity contribution in [3.63, 3.8) is 0 Å². The highest BCUT2D eigenvalue weighted by atomic mass is 35.5. The molecule has 158 valence electrons. The molecular weight excluding hydrogens is 423 g/mol. The molecule has 7 heteroatoms. The van der Waals surface area contributed by atoms with E-state index in [9.17, 15) is 9.59 Å². The van der Waals surface area contributed by atoms with Gasteiger partial charge in [0.05, 0.1) is 33.4 Å². The number of carbonyl (C=O) groups excluding carboxylic acids is 2. The van der Waals surface area contributed by atoms with Crippen LogP contribution in [0.4, 0.5) is 11.4 Å². The van der Waals surface area contributed by atoms with Crippen LogP contribution in [0.3, 0.4) is 0 Å². The molecule has 4 rings (SSSR count). The number of para-hydroxylation sites is 1. The smallest absolute Gasteiger partial charge is 0.266 e. The Balaban J connectivity index is 1.64. The molecule has 2 saturated heterocycles. The van der Waals surface area contributed by atoms with E-state index in [0.717, 1.165) is 32.1 Å². The third kappa shape index (κ3) is 3.82. The third-order valence-corrected chi connectivity index (χ3v) is 6.50. The van der Waals surface area contributed by atoms with Crippen molar-refractivity contribution < 1.29 is 14.4 Å². The van der Waals surface area contributed by atoms with Gasteiger partial charge in [-0.3, -0.25) is 14.4 Å². The highest BCUT2D eigenvalue weighted by molar-refractivity contribution is 6.42. The first-order valence-corrected chi connectivity index (χ1v) is 11.1. The predicted octanol–water partition coefficient (Wildman–Crippen LogP) is 5.64. The van der Waals surface area contributed by atoms with Crippen LogP contribution in [0, 0.1) is 5.92 Å². The van der Waals surface area contributed by atoms with E-state index in [1.807, 2.05) is 18.2 Å². The van der Waals surface area contributed by atoms with Crippen LogP contribution < -0.4 is 9.96 Å². The summed E-state index contributed by atoms with van der Waals surface area (Å²) in [6.07, 6.45) is 4.21. The Labute approximate surface area is 186 Å². The van der Waals surface area contributed by atoms with E-state index in [1.54, 1.807) is 35.4 Å². The highest BCUT2D eigenvalue weighted by Gasteiger charge is 2.59. The maximum atomic E-state index is 13.3. The van der Waals surface area contributed by atoms with E-state index < -0.39 is 12.0 Å². The fourth-order valence-corrected chi connectivity index (χ4v) is 4.57. The van der Waals surface area contributed by atoms with Gasteiger partial charge in [-0.15, -0.1) is 0 Å². The molecule has 5 nitrogen and oxygen atoms in total. The van der Waals surface area contributed by atoms with Crippen LogP contribution in [0.25, 0.3) is 0 Å². The summed E-state index contributed by atoms with van der Waals surface area (Å²) in [6.45, 7) is 2.16. The van der Waals surface area contributed by atoms with Crippen molar-refractivity contribution in [2.75, 3.05) is 9.96 Å². The van der Waals surface area contributed by atoms with E-state index in [0.29, 0.717) is 21.4 Å². The summed E-state index contributed by atoms with van der Waals surface area (Å²) in [5.41, 5.74) is 1.28. The molecule has 0 bridgehead atoms. The quantitative estimate of drug-likeness (QED) is 0.407. The fourth-order valence-electron chi connectivity index (χ4n) is 4.27. The molecule has 0 unspecified atom stereocenters. The zero-order valence-electron chi connectivity index (χ0n) is 16.8. The second-order valence-electron chi connectivity index (χ2n) is 7.74. The number of fused-ring (bicyclic) bond motifs is 1. The van der Waals surface area contributed by atoms with Crippen molar-refractivity contribution in [1.29, 1.82) is 0 Å². The van der Waals surface area contributed by atoms with E-state index >= 15 is 0 Å². The molecule has 0 saturated carbocycles. The molecule has 0 aliphatic carbocycles. The molecule has 2 aromatic carbocycles. The zero-order chi connectivity index (χ0) is 21.3. The van der Waals surface area contributed by atoms with Crippen molar-refractivity contribution >= 4 is 46.4 Å². The van der Waals surface area contributed by atoms with Gasteiger partial charge in [-0.25, -0.2) is 9.96 Å². The van der Waals surface area contributed by atoms with Crippen LogP contribution in [0.2, 0.25) is 10.0 Å². The van der Waals surface area contributed by atoms with Crippen molar-refractivity contribution in [2.24, 2.45) is 5.92 Å². The molecule has 3 atom stereocenters. The number of unbranched alkanes of at least 4 members (excludes halogenated alkanes) is 3. The third-order valence-electron chi connectivity index (χ3n) is 5.76. The lowest BCUT2D eigenvalue weighted by molar-refractivity contribution is -0.126. The molecule has 2 amide bonds.